The minimum Gasteiger partial charge on any atom is -0.380 e. The van der Waals surface area contributed by atoms with Gasteiger partial charge in [-0.15, -0.1) is 5.10 Å². The maximum Gasteiger partial charge on any atom is 0.103 e. The highest BCUT2D eigenvalue weighted by molar-refractivity contribution is 5.42. The van der Waals surface area contributed by atoms with Crippen molar-refractivity contribution in [3.05, 3.63) is 41.2 Å². The van der Waals surface area contributed by atoms with E-state index in [1.807, 2.05) is 23.9 Å². The Morgan fingerprint density at radius 1 is 1.29 bits per heavy atom. The summed E-state index contributed by atoms with van der Waals surface area (Å²) in [5.74, 6) is 0. The first kappa shape index (κ1) is 15.7. The van der Waals surface area contributed by atoms with Crippen LogP contribution in [0.15, 0.2) is 24.3 Å². The predicted octanol–water partition coefficient (Wildman–Crippen LogP) is 2.65. The van der Waals surface area contributed by atoms with Crippen molar-refractivity contribution in [3.8, 4) is 5.69 Å². The summed E-state index contributed by atoms with van der Waals surface area (Å²) in [5, 5.41) is 12.1. The van der Waals surface area contributed by atoms with Crippen molar-refractivity contribution in [2.75, 3.05) is 14.2 Å². The molecule has 2 aromatic rings. The van der Waals surface area contributed by atoms with E-state index in [4.69, 9.17) is 4.74 Å². The first-order valence-electron chi connectivity index (χ1n) is 7.45. The van der Waals surface area contributed by atoms with Gasteiger partial charge in [-0.05, 0) is 26.0 Å². The van der Waals surface area contributed by atoms with E-state index < -0.39 is 0 Å². The van der Waals surface area contributed by atoms with Gasteiger partial charge in [-0.1, -0.05) is 37.3 Å². The van der Waals surface area contributed by atoms with Crippen LogP contribution >= 0.6 is 0 Å². The van der Waals surface area contributed by atoms with Gasteiger partial charge in [0.15, 0.2) is 0 Å². The molecule has 1 N–H and O–H groups in total. The van der Waals surface area contributed by atoms with Gasteiger partial charge in [0.05, 0.1) is 24.0 Å². The number of hydrogen-bond acceptors (Lipinski definition) is 4. The number of aromatic nitrogens is 3. The first-order chi connectivity index (χ1) is 10.3. The summed E-state index contributed by atoms with van der Waals surface area (Å²) < 4.78 is 7.23. The standard InChI is InChI=1S/C16H24N4O/c1-5-13(17-3)16-14(6-2)20(19-18-16)15-10-8-7-9-12(15)11-21-4/h7-10,13,17H,5-6,11H2,1-4H3. The molecule has 1 unspecified atom stereocenters. The van der Waals surface area contributed by atoms with Crippen molar-refractivity contribution in [1.82, 2.24) is 20.3 Å². The van der Waals surface area contributed by atoms with Gasteiger partial charge >= 0.3 is 0 Å². The van der Waals surface area contributed by atoms with Gasteiger partial charge in [-0.2, -0.15) is 0 Å². The quantitative estimate of drug-likeness (QED) is 0.851. The van der Waals surface area contributed by atoms with Gasteiger partial charge in [-0.25, -0.2) is 4.68 Å². The number of ether oxygens (including phenoxy) is 1. The highest BCUT2D eigenvalue weighted by Crippen LogP contribution is 2.23. The summed E-state index contributed by atoms with van der Waals surface area (Å²) in [6, 6.07) is 8.40. The summed E-state index contributed by atoms with van der Waals surface area (Å²) in [5.41, 5.74) is 4.35. The van der Waals surface area contributed by atoms with Crippen molar-refractivity contribution >= 4 is 0 Å². The minimum atomic E-state index is 0.239. The Bertz CT molecular complexity index is 575. The summed E-state index contributed by atoms with van der Waals surface area (Å²) in [6.07, 6.45) is 1.88. The fraction of sp³-hybridized carbons (Fsp3) is 0.500. The van der Waals surface area contributed by atoms with Gasteiger partial charge in [-0.3, -0.25) is 0 Å². The molecule has 1 aromatic carbocycles. The lowest BCUT2D eigenvalue weighted by atomic mass is 10.1. The molecule has 0 fully saturated rings. The van der Waals surface area contributed by atoms with E-state index in [2.05, 4.69) is 41.6 Å². The number of nitrogens with one attached hydrogen (secondary N) is 1. The van der Waals surface area contributed by atoms with Crippen LogP contribution in [-0.2, 0) is 17.8 Å². The monoisotopic (exact) mass is 288 g/mol. The molecule has 1 atom stereocenters. The molecular formula is C16H24N4O. The highest BCUT2D eigenvalue weighted by Gasteiger charge is 2.20. The fourth-order valence-corrected chi connectivity index (χ4v) is 2.64. The Hall–Kier alpha value is -1.72. The normalized spacial score (nSPS) is 12.6. The third-order valence-corrected chi connectivity index (χ3v) is 3.73. The fourth-order valence-electron chi connectivity index (χ4n) is 2.64. The maximum absolute atomic E-state index is 5.29. The summed E-state index contributed by atoms with van der Waals surface area (Å²) >= 11 is 0. The van der Waals surface area contributed by atoms with E-state index in [0.29, 0.717) is 6.61 Å². The molecule has 0 bridgehead atoms. The molecule has 5 heteroatoms. The van der Waals surface area contributed by atoms with Crippen LogP contribution in [0.3, 0.4) is 0 Å². The van der Waals surface area contributed by atoms with Crippen molar-refractivity contribution in [1.29, 1.82) is 0 Å². The molecule has 0 amide bonds. The molecule has 0 aliphatic heterocycles. The van der Waals surface area contributed by atoms with Crippen LogP contribution in [0.25, 0.3) is 5.69 Å². The Labute approximate surface area is 126 Å². The molecule has 2 rings (SSSR count). The third kappa shape index (κ3) is 3.14. The average Bonchev–Trinajstić information content (AvgIpc) is 2.93. The molecular weight excluding hydrogens is 264 g/mol. The van der Waals surface area contributed by atoms with E-state index in [1.165, 1.54) is 0 Å². The van der Waals surface area contributed by atoms with E-state index in [0.717, 1.165) is 35.5 Å². The van der Waals surface area contributed by atoms with Crippen molar-refractivity contribution < 1.29 is 4.74 Å². The molecule has 0 aliphatic rings. The highest BCUT2D eigenvalue weighted by atomic mass is 16.5. The van der Waals surface area contributed by atoms with Gasteiger partial charge in [0, 0.05) is 12.7 Å². The second kappa shape index (κ2) is 7.33. The van der Waals surface area contributed by atoms with Crippen molar-refractivity contribution in [2.24, 2.45) is 0 Å². The number of nitrogens with zero attached hydrogens (tertiary/aromatic N) is 3. The van der Waals surface area contributed by atoms with Crippen LogP contribution < -0.4 is 5.32 Å². The van der Waals surface area contributed by atoms with Gasteiger partial charge in [0.1, 0.15) is 5.69 Å². The van der Waals surface area contributed by atoms with Crippen molar-refractivity contribution in [3.63, 3.8) is 0 Å². The van der Waals surface area contributed by atoms with Crippen LogP contribution in [-0.4, -0.2) is 29.2 Å². The maximum atomic E-state index is 5.29. The predicted molar refractivity (Wildman–Crippen MR) is 83.5 cm³/mol. The molecule has 0 saturated carbocycles. The second-order valence-corrected chi connectivity index (χ2v) is 5.00. The SMILES string of the molecule is CCc1c(C(CC)NC)nnn1-c1ccccc1COC. The molecule has 114 valence electrons. The summed E-state index contributed by atoms with van der Waals surface area (Å²) in [7, 11) is 3.67. The number of para-hydroxylation sites is 1. The summed E-state index contributed by atoms with van der Waals surface area (Å²) in [6.45, 7) is 4.86. The zero-order valence-corrected chi connectivity index (χ0v) is 13.3. The zero-order chi connectivity index (χ0) is 15.2. The third-order valence-electron chi connectivity index (χ3n) is 3.73. The van der Waals surface area contributed by atoms with E-state index in [1.54, 1.807) is 7.11 Å². The largest absolute Gasteiger partial charge is 0.380 e. The molecule has 1 aromatic heterocycles. The Morgan fingerprint density at radius 2 is 2.05 bits per heavy atom. The zero-order valence-electron chi connectivity index (χ0n) is 13.3. The molecule has 0 aliphatic carbocycles. The van der Waals surface area contributed by atoms with Crippen LogP contribution in [0.1, 0.15) is 43.3 Å². The van der Waals surface area contributed by atoms with E-state index in [-0.39, 0.29) is 6.04 Å². The molecule has 5 nitrogen and oxygen atoms in total. The van der Waals surface area contributed by atoms with Gasteiger partial charge < -0.3 is 10.1 Å². The number of hydrogen-bond donors (Lipinski definition) is 1. The number of benzene rings is 1. The smallest absolute Gasteiger partial charge is 0.103 e. The Balaban J connectivity index is 2.50. The number of rotatable bonds is 7. The van der Waals surface area contributed by atoms with Gasteiger partial charge in [0.2, 0.25) is 0 Å². The minimum absolute atomic E-state index is 0.239. The molecule has 0 radical (unpaired) electrons. The average molecular weight is 288 g/mol. The molecule has 0 saturated heterocycles. The topological polar surface area (TPSA) is 52.0 Å². The van der Waals surface area contributed by atoms with Crippen LogP contribution in [0.5, 0.6) is 0 Å². The van der Waals surface area contributed by atoms with Crippen LogP contribution in [0, 0.1) is 0 Å². The lowest BCUT2D eigenvalue weighted by Crippen LogP contribution is -2.17. The Kier molecular flexibility index (Phi) is 5.47. The van der Waals surface area contributed by atoms with Gasteiger partial charge in [0.25, 0.3) is 0 Å². The van der Waals surface area contributed by atoms with E-state index in [9.17, 15) is 0 Å². The number of methoxy groups -OCH3 is 1. The van der Waals surface area contributed by atoms with Crippen molar-refractivity contribution in [2.45, 2.75) is 39.3 Å². The molecule has 0 spiro atoms. The lowest BCUT2D eigenvalue weighted by Gasteiger charge is -2.14. The molecule has 21 heavy (non-hydrogen) atoms. The first-order valence-corrected chi connectivity index (χ1v) is 7.45. The Morgan fingerprint density at radius 3 is 2.67 bits per heavy atom. The second-order valence-electron chi connectivity index (χ2n) is 5.00. The lowest BCUT2D eigenvalue weighted by molar-refractivity contribution is 0.184. The molecule has 1 heterocycles. The van der Waals surface area contributed by atoms with Crippen LogP contribution in [0.2, 0.25) is 0 Å². The van der Waals surface area contributed by atoms with E-state index >= 15 is 0 Å². The van der Waals surface area contributed by atoms with Crippen LogP contribution in [0.4, 0.5) is 0 Å². The summed E-state index contributed by atoms with van der Waals surface area (Å²) in [4.78, 5) is 0.